The van der Waals surface area contributed by atoms with Crippen molar-refractivity contribution in [2.75, 3.05) is 19.8 Å². The van der Waals surface area contributed by atoms with E-state index >= 15 is 0 Å². The lowest BCUT2D eigenvalue weighted by Crippen LogP contribution is -2.50. The van der Waals surface area contributed by atoms with Crippen molar-refractivity contribution in [3.05, 3.63) is 0 Å². The molecule has 0 bridgehead atoms. The molecule has 0 aromatic heterocycles. The van der Waals surface area contributed by atoms with Crippen LogP contribution in [0.5, 0.6) is 0 Å². The van der Waals surface area contributed by atoms with Gasteiger partial charge in [0.2, 0.25) is 0 Å². The van der Waals surface area contributed by atoms with Gasteiger partial charge >= 0.3 is 0 Å². The summed E-state index contributed by atoms with van der Waals surface area (Å²) >= 11 is 0. The SMILES string of the molecule is N[C@@H]1CO[C@H]2OCCO[C@H]2C1. The van der Waals surface area contributed by atoms with E-state index in [1.54, 1.807) is 0 Å². The minimum Gasteiger partial charge on any atom is -0.370 e. The quantitative estimate of drug-likeness (QED) is 0.516. The molecule has 11 heavy (non-hydrogen) atoms. The van der Waals surface area contributed by atoms with Crippen molar-refractivity contribution in [1.82, 2.24) is 0 Å². The van der Waals surface area contributed by atoms with Crippen LogP contribution in [0.25, 0.3) is 0 Å². The second-order valence-electron chi connectivity index (χ2n) is 2.98. The monoisotopic (exact) mass is 159 g/mol. The van der Waals surface area contributed by atoms with Crippen LogP contribution in [-0.2, 0) is 14.2 Å². The molecule has 2 saturated heterocycles. The maximum Gasteiger partial charge on any atom is 0.183 e. The molecule has 2 aliphatic rings. The summed E-state index contributed by atoms with van der Waals surface area (Å²) in [6.07, 6.45) is 0.751. The smallest absolute Gasteiger partial charge is 0.183 e. The Bertz CT molecular complexity index is 142. The minimum atomic E-state index is -0.163. The fourth-order valence-corrected chi connectivity index (χ4v) is 1.47. The molecule has 3 atom stereocenters. The number of nitrogens with two attached hydrogens (primary N) is 1. The number of rotatable bonds is 0. The standard InChI is InChI=1S/C7H13NO3/c8-5-3-6-7(11-4-5)10-2-1-9-6/h5-7H,1-4,8H2/t5-,6-,7+/m0/s1. The van der Waals surface area contributed by atoms with Gasteiger partial charge in [-0.1, -0.05) is 0 Å². The highest BCUT2D eigenvalue weighted by Crippen LogP contribution is 2.20. The van der Waals surface area contributed by atoms with E-state index in [0.29, 0.717) is 19.8 Å². The highest BCUT2D eigenvalue weighted by molar-refractivity contribution is 4.78. The van der Waals surface area contributed by atoms with Crippen molar-refractivity contribution in [2.24, 2.45) is 5.73 Å². The molecule has 0 aliphatic carbocycles. The second-order valence-corrected chi connectivity index (χ2v) is 2.98. The van der Waals surface area contributed by atoms with Gasteiger partial charge in [0, 0.05) is 6.04 Å². The largest absolute Gasteiger partial charge is 0.370 e. The maximum absolute atomic E-state index is 5.68. The Morgan fingerprint density at radius 2 is 1.91 bits per heavy atom. The first-order chi connectivity index (χ1) is 5.36. The minimum absolute atomic E-state index is 0.0625. The Balaban J connectivity index is 1.93. The average Bonchev–Trinajstić information content (AvgIpc) is 2.04. The molecule has 0 spiro atoms. The first kappa shape index (κ1) is 7.49. The molecule has 2 heterocycles. The van der Waals surface area contributed by atoms with E-state index in [1.807, 2.05) is 0 Å². The van der Waals surface area contributed by atoms with Crippen molar-refractivity contribution < 1.29 is 14.2 Å². The number of hydrogen-bond donors (Lipinski definition) is 1. The fraction of sp³-hybridized carbons (Fsp3) is 1.00. The molecule has 0 saturated carbocycles. The molecule has 0 unspecified atom stereocenters. The van der Waals surface area contributed by atoms with Gasteiger partial charge in [-0.25, -0.2) is 0 Å². The summed E-state index contributed by atoms with van der Waals surface area (Å²) in [4.78, 5) is 0. The Labute approximate surface area is 65.6 Å². The average molecular weight is 159 g/mol. The zero-order chi connectivity index (χ0) is 7.68. The summed E-state index contributed by atoms with van der Waals surface area (Å²) in [5.41, 5.74) is 5.68. The summed E-state index contributed by atoms with van der Waals surface area (Å²) in [6, 6.07) is 0.109. The van der Waals surface area contributed by atoms with Gasteiger partial charge in [-0.15, -0.1) is 0 Å². The Hall–Kier alpha value is -0.160. The van der Waals surface area contributed by atoms with Crippen molar-refractivity contribution in [3.63, 3.8) is 0 Å². The molecule has 4 nitrogen and oxygen atoms in total. The summed E-state index contributed by atoms with van der Waals surface area (Å²) in [7, 11) is 0. The van der Waals surface area contributed by atoms with Crippen LogP contribution in [0.2, 0.25) is 0 Å². The molecule has 2 aliphatic heterocycles. The van der Waals surface area contributed by atoms with Crippen LogP contribution in [0.4, 0.5) is 0 Å². The summed E-state index contributed by atoms with van der Waals surface area (Å²) in [5.74, 6) is 0. The fourth-order valence-electron chi connectivity index (χ4n) is 1.47. The third-order valence-electron chi connectivity index (χ3n) is 2.01. The van der Waals surface area contributed by atoms with Crippen molar-refractivity contribution >= 4 is 0 Å². The molecule has 0 aromatic carbocycles. The molecule has 0 amide bonds. The zero-order valence-electron chi connectivity index (χ0n) is 6.36. The Morgan fingerprint density at radius 1 is 1.09 bits per heavy atom. The van der Waals surface area contributed by atoms with Crippen molar-refractivity contribution in [2.45, 2.75) is 24.9 Å². The lowest BCUT2D eigenvalue weighted by atomic mass is 10.1. The van der Waals surface area contributed by atoms with Crippen LogP contribution in [0.1, 0.15) is 6.42 Å². The third-order valence-corrected chi connectivity index (χ3v) is 2.01. The molecular weight excluding hydrogens is 146 g/mol. The lowest BCUT2D eigenvalue weighted by molar-refractivity contribution is -0.268. The molecule has 0 aromatic rings. The first-order valence-corrected chi connectivity index (χ1v) is 3.96. The molecule has 2 fully saturated rings. The predicted octanol–water partition coefficient (Wildman–Crippen LogP) is -0.524. The van der Waals surface area contributed by atoms with E-state index in [1.165, 1.54) is 0 Å². The van der Waals surface area contributed by atoms with Crippen LogP contribution < -0.4 is 5.73 Å². The Kier molecular flexibility index (Phi) is 2.09. The molecular formula is C7H13NO3. The van der Waals surface area contributed by atoms with E-state index in [-0.39, 0.29) is 18.4 Å². The van der Waals surface area contributed by atoms with Crippen LogP contribution >= 0.6 is 0 Å². The maximum atomic E-state index is 5.68. The molecule has 64 valence electrons. The molecule has 2 rings (SSSR count). The van der Waals surface area contributed by atoms with Crippen molar-refractivity contribution in [1.29, 1.82) is 0 Å². The van der Waals surface area contributed by atoms with E-state index in [2.05, 4.69) is 0 Å². The predicted molar refractivity (Wildman–Crippen MR) is 38.0 cm³/mol. The molecule has 4 heteroatoms. The number of ether oxygens (including phenoxy) is 3. The van der Waals surface area contributed by atoms with E-state index in [9.17, 15) is 0 Å². The third kappa shape index (κ3) is 1.54. The van der Waals surface area contributed by atoms with Crippen LogP contribution in [0, 0.1) is 0 Å². The Morgan fingerprint density at radius 3 is 2.82 bits per heavy atom. The van der Waals surface area contributed by atoms with Crippen LogP contribution in [0.3, 0.4) is 0 Å². The van der Waals surface area contributed by atoms with Crippen molar-refractivity contribution in [3.8, 4) is 0 Å². The van der Waals surface area contributed by atoms with Crippen LogP contribution in [0.15, 0.2) is 0 Å². The van der Waals surface area contributed by atoms with Gasteiger partial charge in [0.05, 0.1) is 19.8 Å². The van der Waals surface area contributed by atoms with Gasteiger partial charge in [0.15, 0.2) is 6.29 Å². The highest BCUT2D eigenvalue weighted by Gasteiger charge is 2.33. The van der Waals surface area contributed by atoms with Gasteiger partial charge in [-0.05, 0) is 6.42 Å². The summed E-state index contributed by atoms with van der Waals surface area (Å²) < 4.78 is 16.1. The first-order valence-electron chi connectivity index (χ1n) is 3.96. The topological polar surface area (TPSA) is 53.7 Å². The highest BCUT2D eigenvalue weighted by atomic mass is 16.7. The normalized spacial score (nSPS) is 45.0. The zero-order valence-corrected chi connectivity index (χ0v) is 6.36. The summed E-state index contributed by atoms with van der Waals surface area (Å²) in [6.45, 7) is 1.89. The van der Waals surface area contributed by atoms with Gasteiger partial charge in [-0.2, -0.15) is 0 Å². The van der Waals surface area contributed by atoms with Gasteiger partial charge in [-0.3, -0.25) is 0 Å². The second kappa shape index (κ2) is 3.06. The summed E-state index contributed by atoms with van der Waals surface area (Å²) in [5, 5.41) is 0. The van der Waals surface area contributed by atoms with Gasteiger partial charge < -0.3 is 19.9 Å². The molecule has 2 N–H and O–H groups in total. The van der Waals surface area contributed by atoms with Gasteiger partial charge in [0.25, 0.3) is 0 Å². The number of fused-ring (bicyclic) bond motifs is 1. The van der Waals surface area contributed by atoms with Crippen LogP contribution in [-0.4, -0.2) is 38.3 Å². The molecule has 0 radical (unpaired) electrons. The van der Waals surface area contributed by atoms with E-state index in [4.69, 9.17) is 19.9 Å². The van der Waals surface area contributed by atoms with Gasteiger partial charge in [0.1, 0.15) is 6.10 Å². The van der Waals surface area contributed by atoms with E-state index in [0.717, 1.165) is 6.42 Å². The lowest BCUT2D eigenvalue weighted by Gasteiger charge is -2.37. The van der Waals surface area contributed by atoms with E-state index < -0.39 is 0 Å². The number of hydrogen-bond acceptors (Lipinski definition) is 4.